The molecular formula is C22H25ClN6O. The number of carbonyl (C=O) groups is 1. The average Bonchev–Trinajstić information content (AvgIpc) is 3.28. The van der Waals surface area contributed by atoms with Gasteiger partial charge in [-0.05, 0) is 44.2 Å². The standard InChI is InChI=1S/C22H25ClN6O/c1-15-5-6-20(29-26-9-10-27-29)18(12-15)22(30)28-11-3-4-16(2)19(28)7-8-21-24-13-17(23)14-25-21/h5-6,9-10,12-14,16,19H,3-4,7-8,11H2,1-2H3/t16-,19-/m1/s1. The highest BCUT2D eigenvalue weighted by atomic mass is 35.5. The summed E-state index contributed by atoms with van der Waals surface area (Å²) in [6.45, 7) is 4.96. The molecule has 2 atom stereocenters. The van der Waals surface area contributed by atoms with E-state index in [-0.39, 0.29) is 11.9 Å². The third kappa shape index (κ3) is 4.36. The van der Waals surface area contributed by atoms with Crippen LogP contribution in [-0.4, -0.2) is 48.4 Å². The largest absolute Gasteiger partial charge is 0.335 e. The quantitative estimate of drug-likeness (QED) is 0.620. The van der Waals surface area contributed by atoms with Gasteiger partial charge in [-0.25, -0.2) is 9.97 Å². The SMILES string of the molecule is Cc1ccc(-n2nccn2)c(C(=O)N2CCC[C@@H](C)[C@H]2CCc2ncc(Cl)cn2)c1. The second kappa shape index (κ2) is 8.92. The molecule has 8 heteroatoms. The first kappa shape index (κ1) is 20.5. The molecular weight excluding hydrogens is 400 g/mol. The molecule has 1 aliphatic rings. The predicted octanol–water partition coefficient (Wildman–Crippen LogP) is 3.89. The Morgan fingerprint density at radius 1 is 1.20 bits per heavy atom. The molecule has 1 fully saturated rings. The highest BCUT2D eigenvalue weighted by molar-refractivity contribution is 6.30. The maximum Gasteiger partial charge on any atom is 0.256 e. The Kier molecular flexibility index (Phi) is 6.08. The zero-order chi connectivity index (χ0) is 21.1. The van der Waals surface area contributed by atoms with E-state index in [1.54, 1.807) is 24.8 Å². The second-order valence-electron chi connectivity index (χ2n) is 7.88. The van der Waals surface area contributed by atoms with E-state index in [1.807, 2.05) is 30.0 Å². The van der Waals surface area contributed by atoms with Gasteiger partial charge < -0.3 is 4.90 Å². The molecule has 0 unspecified atom stereocenters. The van der Waals surface area contributed by atoms with Gasteiger partial charge in [0.1, 0.15) is 5.82 Å². The van der Waals surface area contributed by atoms with Crippen molar-refractivity contribution in [1.29, 1.82) is 0 Å². The van der Waals surface area contributed by atoms with E-state index >= 15 is 0 Å². The fraction of sp³-hybridized carbons (Fsp3) is 0.409. The Balaban J connectivity index is 1.60. The van der Waals surface area contributed by atoms with Crippen molar-refractivity contribution >= 4 is 17.5 Å². The lowest BCUT2D eigenvalue weighted by Crippen LogP contribution is -2.48. The molecule has 1 aliphatic heterocycles. The van der Waals surface area contributed by atoms with Gasteiger partial charge in [0.15, 0.2) is 0 Å². The molecule has 0 aliphatic carbocycles. The molecule has 0 bridgehead atoms. The summed E-state index contributed by atoms with van der Waals surface area (Å²) in [5.74, 6) is 1.19. The molecule has 156 valence electrons. The molecule has 4 rings (SSSR count). The van der Waals surface area contributed by atoms with Crippen LogP contribution in [0.4, 0.5) is 0 Å². The first-order chi connectivity index (χ1) is 14.5. The molecule has 3 heterocycles. The van der Waals surface area contributed by atoms with Crippen LogP contribution in [0.2, 0.25) is 5.02 Å². The van der Waals surface area contributed by atoms with Crippen molar-refractivity contribution < 1.29 is 4.79 Å². The topological polar surface area (TPSA) is 76.8 Å². The van der Waals surface area contributed by atoms with E-state index in [1.165, 1.54) is 4.80 Å². The van der Waals surface area contributed by atoms with Gasteiger partial charge in [0.25, 0.3) is 5.91 Å². The summed E-state index contributed by atoms with van der Waals surface area (Å²) in [6.07, 6.45) is 10.1. The van der Waals surface area contributed by atoms with Gasteiger partial charge in [0.05, 0.1) is 28.7 Å². The van der Waals surface area contributed by atoms with Crippen LogP contribution in [0.25, 0.3) is 5.69 Å². The summed E-state index contributed by atoms with van der Waals surface area (Å²) in [5.41, 5.74) is 2.37. The smallest absolute Gasteiger partial charge is 0.256 e. The van der Waals surface area contributed by atoms with Gasteiger partial charge >= 0.3 is 0 Å². The number of halogens is 1. The number of aromatic nitrogens is 5. The summed E-state index contributed by atoms with van der Waals surface area (Å²) in [4.78, 5) is 25.8. The Bertz CT molecular complexity index is 1000. The molecule has 1 saturated heterocycles. The normalized spacial score (nSPS) is 19.1. The molecule has 1 aromatic carbocycles. The third-order valence-corrected chi connectivity index (χ3v) is 5.93. The number of rotatable bonds is 5. The number of hydrogen-bond donors (Lipinski definition) is 0. The Morgan fingerprint density at radius 2 is 1.93 bits per heavy atom. The summed E-state index contributed by atoms with van der Waals surface area (Å²) in [7, 11) is 0. The molecule has 0 spiro atoms. The van der Waals surface area contributed by atoms with Crippen LogP contribution < -0.4 is 0 Å². The first-order valence-electron chi connectivity index (χ1n) is 10.3. The van der Waals surface area contributed by atoms with Gasteiger partial charge in [-0.3, -0.25) is 4.79 Å². The van der Waals surface area contributed by atoms with Crippen molar-refractivity contribution in [1.82, 2.24) is 29.9 Å². The highest BCUT2D eigenvalue weighted by Gasteiger charge is 2.33. The highest BCUT2D eigenvalue weighted by Crippen LogP contribution is 2.29. The molecule has 0 N–H and O–H groups in total. The fourth-order valence-corrected chi connectivity index (χ4v) is 4.27. The molecule has 7 nitrogen and oxygen atoms in total. The van der Waals surface area contributed by atoms with Crippen molar-refractivity contribution in [2.24, 2.45) is 5.92 Å². The van der Waals surface area contributed by atoms with Gasteiger partial charge in [0.2, 0.25) is 0 Å². The number of piperidine rings is 1. The minimum atomic E-state index is 0.0274. The number of hydrogen-bond acceptors (Lipinski definition) is 5. The van der Waals surface area contributed by atoms with Gasteiger partial charge in [-0.2, -0.15) is 15.0 Å². The molecule has 0 radical (unpaired) electrons. The summed E-state index contributed by atoms with van der Waals surface area (Å²) in [6, 6.07) is 5.94. The molecule has 2 aromatic heterocycles. The van der Waals surface area contributed by atoms with E-state index < -0.39 is 0 Å². The number of likely N-dealkylation sites (tertiary alicyclic amines) is 1. The van der Waals surface area contributed by atoms with Crippen molar-refractivity contribution in [3.05, 3.63) is 65.0 Å². The van der Waals surface area contributed by atoms with Crippen LogP contribution in [-0.2, 0) is 6.42 Å². The summed E-state index contributed by atoms with van der Waals surface area (Å²) < 4.78 is 0. The third-order valence-electron chi connectivity index (χ3n) is 5.73. The van der Waals surface area contributed by atoms with Crippen molar-refractivity contribution in [3.8, 4) is 5.69 Å². The predicted molar refractivity (Wildman–Crippen MR) is 115 cm³/mol. The Labute approximate surface area is 181 Å². The maximum absolute atomic E-state index is 13.7. The number of amides is 1. The van der Waals surface area contributed by atoms with Crippen molar-refractivity contribution in [2.45, 2.75) is 45.6 Å². The van der Waals surface area contributed by atoms with Crippen LogP contribution in [0.1, 0.15) is 47.9 Å². The van der Waals surface area contributed by atoms with E-state index in [2.05, 4.69) is 27.1 Å². The Morgan fingerprint density at radius 3 is 2.67 bits per heavy atom. The van der Waals surface area contributed by atoms with Crippen molar-refractivity contribution in [2.75, 3.05) is 6.54 Å². The van der Waals surface area contributed by atoms with Crippen LogP contribution in [0.3, 0.4) is 0 Å². The average molecular weight is 425 g/mol. The lowest BCUT2D eigenvalue weighted by molar-refractivity contribution is 0.0498. The zero-order valence-electron chi connectivity index (χ0n) is 17.2. The molecule has 3 aromatic rings. The summed E-state index contributed by atoms with van der Waals surface area (Å²) >= 11 is 5.90. The minimum Gasteiger partial charge on any atom is -0.335 e. The number of benzene rings is 1. The Hall–Kier alpha value is -2.80. The van der Waals surface area contributed by atoms with Crippen LogP contribution in [0.5, 0.6) is 0 Å². The fourth-order valence-electron chi connectivity index (χ4n) is 4.18. The monoisotopic (exact) mass is 424 g/mol. The van der Waals surface area contributed by atoms with Crippen LogP contribution >= 0.6 is 11.6 Å². The van der Waals surface area contributed by atoms with Gasteiger partial charge in [0, 0.05) is 31.4 Å². The van der Waals surface area contributed by atoms with E-state index in [0.717, 1.165) is 37.2 Å². The van der Waals surface area contributed by atoms with E-state index in [9.17, 15) is 4.79 Å². The molecule has 1 amide bonds. The zero-order valence-corrected chi connectivity index (χ0v) is 18.0. The first-order valence-corrected chi connectivity index (χ1v) is 10.7. The van der Waals surface area contributed by atoms with Crippen LogP contribution in [0.15, 0.2) is 43.0 Å². The van der Waals surface area contributed by atoms with E-state index in [4.69, 9.17) is 11.6 Å². The van der Waals surface area contributed by atoms with Crippen molar-refractivity contribution in [3.63, 3.8) is 0 Å². The summed E-state index contributed by atoms with van der Waals surface area (Å²) in [5, 5.41) is 8.99. The number of carbonyl (C=O) groups excluding carboxylic acids is 1. The van der Waals surface area contributed by atoms with E-state index in [0.29, 0.717) is 28.6 Å². The maximum atomic E-state index is 13.7. The lowest BCUT2D eigenvalue weighted by Gasteiger charge is -2.40. The number of nitrogens with zero attached hydrogens (tertiary/aromatic N) is 6. The minimum absolute atomic E-state index is 0.0274. The van der Waals surface area contributed by atoms with Crippen LogP contribution in [0, 0.1) is 12.8 Å². The lowest BCUT2D eigenvalue weighted by atomic mass is 9.87. The second-order valence-corrected chi connectivity index (χ2v) is 8.32. The molecule has 30 heavy (non-hydrogen) atoms. The number of aryl methyl sites for hydroxylation is 2. The van der Waals surface area contributed by atoms with Gasteiger partial charge in [-0.1, -0.05) is 30.2 Å². The van der Waals surface area contributed by atoms with Gasteiger partial charge in [-0.15, -0.1) is 0 Å². The molecule has 0 saturated carbocycles.